The lowest BCUT2D eigenvalue weighted by molar-refractivity contribution is -0.134. The molecule has 2 heterocycles. The number of methoxy groups -OCH3 is 1. The van der Waals surface area contributed by atoms with Crippen molar-refractivity contribution in [2.45, 2.75) is 38.5 Å². The monoisotopic (exact) mass is 301 g/mol. The first-order chi connectivity index (χ1) is 10.8. The first kappa shape index (κ1) is 13.6. The van der Waals surface area contributed by atoms with E-state index < -0.39 is 0 Å². The molecule has 1 aliphatic carbocycles. The molecule has 0 spiro atoms. The van der Waals surface area contributed by atoms with Gasteiger partial charge in [0, 0.05) is 19.2 Å². The number of fused-ring (bicyclic) bond motifs is 1. The van der Waals surface area contributed by atoms with Gasteiger partial charge < -0.3 is 19.1 Å². The number of amides is 1. The van der Waals surface area contributed by atoms with Crippen LogP contribution in [0.25, 0.3) is 0 Å². The summed E-state index contributed by atoms with van der Waals surface area (Å²) in [6, 6.07) is 5.82. The number of nitrogens with zero attached hydrogens (tertiary/aromatic N) is 1. The van der Waals surface area contributed by atoms with Gasteiger partial charge >= 0.3 is 0 Å². The molecule has 0 radical (unpaired) electrons. The van der Waals surface area contributed by atoms with Gasteiger partial charge in [-0.2, -0.15) is 0 Å². The topological polar surface area (TPSA) is 48.0 Å². The van der Waals surface area contributed by atoms with Gasteiger partial charge in [-0.15, -0.1) is 0 Å². The third kappa shape index (κ3) is 2.08. The molecule has 0 saturated carbocycles. The third-order valence-electron chi connectivity index (χ3n) is 4.62. The van der Waals surface area contributed by atoms with E-state index in [1.54, 1.807) is 7.11 Å². The van der Waals surface area contributed by atoms with Crippen molar-refractivity contribution in [1.29, 1.82) is 0 Å². The fraction of sp³-hybridized carbons (Fsp3) is 0.471. The summed E-state index contributed by atoms with van der Waals surface area (Å²) in [6.45, 7) is 0.791. The van der Waals surface area contributed by atoms with E-state index >= 15 is 0 Å². The maximum Gasteiger partial charge on any atom is 0.252 e. The van der Waals surface area contributed by atoms with Gasteiger partial charge in [-0.05, 0) is 49.0 Å². The Morgan fingerprint density at radius 2 is 2.05 bits per heavy atom. The molecule has 1 atom stereocenters. The summed E-state index contributed by atoms with van der Waals surface area (Å²) in [5.41, 5.74) is 3.18. The highest BCUT2D eigenvalue weighted by atomic mass is 16.7. The van der Waals surface area contributed by atoms with Crippen LogP contribution in [0.5, 0.6) is 11.5 Å². The van der Waals surface area contributed by atoms with Gasteiger partial charge in [-0.3, -0.25) is 4.79 Å². The van der Waals surface area contributed by atoms with Gasteiger partial charge in [0.1, 0.15) is 0 Å². The third-order valence-corrected chi connectivity index (χ3v) is 4.62. The number of hydrogen-bond acceptors (Lipinski definition) is 4. The summed E-state index contributed by atoms with van der Waals surface area (Å²) in [6.07, 6.45) is 3.87. The van der Waals surface area contributed by atoms with E-state index in [1.807, 2.05) is 23.1 Å². The van der Waals surface area contributed by atoms with E-state index in [0.29, 0.717) is 6.54 Å². The molecule has 1 aromatic carbocycles. The van der Waals surface area contributed by atoms with Crippen LogP contribution in [0, 0.1) is 0 Å². The SMILES string of the molecule is COC1C2=C(CCCC2)C(=O)N1Cc1ccc2c(c1)OCO2. The van der Waals surface area contributed by atoms with Gasteiger partial charge in [-0.1, -0.05) is 6.07 Å². The Hall–Kier alpha value is -2.01. The molecule has 116 valence electrons. The minimum Gasteiger partial charge on any atom is -0.454 e. The van der Waals surface area contributed by atoms with Gasteiger partial charge in [0.25, 0.3) is 5.91 Å². The Bertz CT molecular complexity index is 652. The van der Waals surface area contributed by atoms with E-state index in [2.05, 4.69) is 0 Å². The molecule has 0 fully saturated rings. The zero-order chi connectivity index (χ0) is 15.1. The molecular weight excluding hydrogens is 282 g/mol. The van der Waals surface area contributed by atoms with Crippen molar-refractivity contribution in [2.75, 3.05) is 13.9 Å². The summed E-state index contributed by atoms with van der Waals surface area (Å²) in [4.78, 5) is 14.5. The van der Waals surface area contributed by atoms with Crippen molar-refractivity contribution >= 4 is 5.91 Å². The van der Waals surface area contributed by atoms with E-state index in [0.717, 1.165) is 48.3 Å². The number of benzene rings is 1. The molecule has 0 bridgehead atoms. The van der Waals surface area contributed by atoms with E-state index in [9.17, 15) is 4.79 Å². The van der Waals surface area contributed by atoms with Crippen molar-refractivity contribution < 1.29 is 19.0 Å². The predicted octanol–water partition coefficient (Wildman–Crippen LogP) is 2.60. The van der Waals surface area contributed by atoms with E-state index in [4.69, 9.17) is 14.2 Å². The molecule has 5 heteroatoms. The first-order valence-electron chi connectivity index (χ1n) is 7.72. The second-order valence-electron chi connectivity index (χ2n) is 5.92. The van der Waals surface area contributed by atoms with Crippen molar-refractivity contribution in [2.24, 2.45) is 0 Å². The molecule has 5 nitrogen and oxygen atoms in total. The molecule has 2 aliphatic heterocycles. The standard InChI is InChI=1S/C17H19NO4/c1-20-17-13-5-3-2-4-12(13)16(19)18(17)9-11-6-7-14-15(8-11)22-10-21-14/h6-8,17H,2-5,9-10H2,1H3. The molecule has 1 unspecified atom stereocenters. The molecule has 3 aliphatic rings. The quantitative estimate of drug-likeness (QED) is 0.861. The lowest BCUT2D eigenvalue weighted by atomic mass is 9.93. The summed E-state index contributed by atoms with van der Waals surface area (Å²) in [5, 5.41) is 0. The summed E-state index contributed by atoms with van der Waals surface area (Å²) in [7, 11) is 1.68. The molecule has 4 rings (SSSR count). The van der Waals surface area contributed by atoms with Crippen LogP contribution < -0.4 is 9.47 Å². The maximum atomic E-state index is 12.7. The Morgan fingerprint density at radius 1 is 1.23 bits per heavy atom. The lowest BCUT2D eigenvalue weighted by Crippen LogP contribution is -2.36. The van der Waals surface area contributed by atoms with Crippen LogP contribution in [-0.2, 0) is 16.1 Å². The van der Waals surface area contributed by atoms with Crippen molar-refractivity contribution in [3.8, 4) is 11.5 Å². The van der Waals surface area contributed by atoms with E-state index in [-0.39, 0.29) is 18.9 Å². The minimum absolute atomic E-state index is 0.124. The Balaban J connectivity index is 1.59. The van der Waals surface area contributed by atoms with E-state index in [1.165, 1.54) is 5.57 Å². The Kier molecular flexibility index (Phi) is 3.30. The smallest absolute Gasteiger partial charge is 0.252 e. The van der Waals surface area contributed by atoms with Crippen LogP contribution in [0.2, 0.25) is 0 Å². The fourth-order valence-corrected chi connectivity index (χ4v) is 3.57. The van der Waals surface area contributed by atoms with Gasteiger partial charge in [0.15, 0.2) is 17.7 Å². The summed E-state index contributed by atoms with van der Waals surface area (Å²) < 4.78 is 16.4. The van der Waals surface area contributed by atoms with Crippen LogP contribution in [0.1, 0.15) is 31.2 Å². The zero-order valence-electron chi connectivity index (χ0n) is 12.6. The molecular formula is C17H19NO4. The number of hydrogen-bond donors (Lipinski definition) is 0. The summed E-state index contributed by atoms with van der Waals surface area (Å²) in [5.74, 6) is 1.63. The molecule has 0 N–H and O–H groups in total. The van der Waals surface area contributed by atoms with Crippen molar-refractivity contribution in [3.05, 3.63) is 34.9 Å². The van der Waals surface area contributed by atoms with Crippen LogP contribution in [0.4, 0.5) is 0 Å². The average molecular weight is 301 g/mol. The molecule has 1 aromatic rings. The zero-order valence-corrected chi connectivity index (χ0v) is 12.6. The molecule has 1 amide bonds. The van der Waals surface area contributed by atoms with Crippen LogP contribution in [-0.4, -0.2) is 30.9 Å². The van der Waals surface area contributed by atoms with Gasteiger partial charge in [0.05, 0.1) is 0 Å². The Morgan fingerprint density at radius 3 is 2.91 bits per heavy atom. The number of rotatable bonds is 3. The highest BCUT2D eigenvalue weighted by Gasteiger charge is 2.39. The second kappa shape index (κ2) is 5.32. The van der Waals surface area contributed by atoms with Crippen molar-refractivity contribution in [3.63, 3.8) is 0 Å². The normalized spacial score (nSPS) is 23.2. The minimum atomic E-state index is -0.215. The van der Waals surface area contributed by atoms with Gasteiger partial charge in [-0.25, -0.2) is 0 Å². The summed E-state index contributed by atoms with van der Waals surface area (Å²) >= 11 is 0. The number of ether oxygens (including phenoxy) is 3. The van der Waals surface area contributed by atoms with Crippen LogP contribution >= 0.6 is 0 Å². The molecule has 0 aromatic heterocycles. The molecule has 0 saturated heterocycles. The first-order valence-corrected chi connectivity index (χ1v) is 7.72. The maximum absolute atomic E-state index is 12.7. The average Bonchev–Trinajstić information content (AvgIpc) is 3.11. The molecule has 22 heavy (non-hydrogen) atoms. The fourth-order valence-electron chi connectivity index (χ4n) is 3.57. The number of carbonyl (C=O) groups is 1. The predicted molar refractivity (Wildman–Crippen MR) is 79.4 cm³/mol. The largest absolute Gasteiger partial charge is 0.454 e. The Labute approximate surface area is 129 Å². The van der Waals surface area contributed by atoms with Crippen molar-refractivity contribution in [1.82, 2.24) is 4.90 Å². The second-order valence-corrected chi connectivity index (χ2v) is 5.92. The van der Waals surface area contributed by atoms with Crippen LogP contribution in [0.3, 0.4) is 0 Å². The highest BCUT2D eigenvalue weighted by molar-refractivity contribution is 5.97. The highest BCUT2D eigenvalue weighted by Crippen LogP contribution is 2.38. The van der Waals surface area contributed by atoms with Gasteiger partial charge in [0.2, 0.25) is 6.79 Å². The van der Waals surface area contributed by atoms with Crippen LogP contribution in [0.15, 0.2) is 29.3 Å². The number of carbonyl (C=O) groups excluding carboxylic acids is 1. The lowest BCUT2D eigenvalue weighted by Gasteiger charge is -2.26.